The number of nitrogens with zero attached hydrogens (tertiary/aromatic N) is 1. The Morgan fingerprint density at radius 2 is 1.60 bits per heavy atom. The van der Waals surface area contributed by atoms with E-state index in [0.29, 0.717) is 5.75 Å². The number of hydrogen-bond acceptors (Lipinski definition) is 2. The maximum Gasteiger partial charge on any atom is 0.128 e. The van der Waals surface area contributed by atoms with Gasteiger partial charge in [0.25, 0.3) is 0 Å². The highest BCUT2D eigenvalue weighted by molar-refractivity contribution is 5.71. The molecule has 2 rings (SSSR count). The molecular weight excluding hydrogens is 246 g/mol. The molecule has 0 saturated carbocycles. The molecule has 0 aliphatic carbocycles. The average molecular weight is 269 g/mol. The SMILES string of the molecule is CCN(CC)C(C)c1cccc(-c2ccccc2)c1O. The smallest absolute Gasteiger partial charge is 0.128 e. The molecule has 0 saturated heterocycles. The Morgan fingerprint density at radius 1 is 0.950 bits per heavy atom. The molecule has 0 heterocycles. The van der Waals surface area contributed by atoms with Gasteiger partial charge in [-0.05, 0) is 25.6 Å². The predicted octanol–water partition coefficient (Wildman–Crippen LogP) is 4.46. The van der Waals surface area contributed by atoms with Crippen LogP contribution in [-0.4, -0.2) is 23.1 Å². The van der Waals surface area contributed by atoms with Crippen LogP contribution in [0.5, 0.6) is 5.75 Å². The van der Waals surface area contributed by atoms with Gasteiger partial charge in [-0.2, -0.15) is 0 Å². The summed E-state index contributed by atoms with van der Waals surface area (Å²) in [5, 5.41) is 10.6. The number of rotatable bonds is 5. The summed E-state index contributed by atoms with van der Waals surface area (Å²) in [6.07, 6.45) is 0. The van der Waals surface area contributed by atoms with Crippen molar-refractivity contribution in [3.63, 3.8) is 0 Å². The Bertz CT molecular complexity index is 547. The quantitative estimate of drug-likeness (QED) is 0.866. The molecule has 2 aromatic carbocycles. The maximum absolute atomic E-state index is 10.6. The first kappa shape index (κ1) is 14.6. The largest absolute Gasteiger partial charge is 0.507 e. The lowest BCUT2D eigenvalue weighted by Crippen LogP contribution is -2.26. The van der Waals surface area contributed by atoms with Crippen LogP contribution in [0, 0.1) is 0 Å². The Hall–Kier alpha value is -1.80. The van der Waals surface area contributed by atoms with Gasteiger partial charge in [-0.25, -0.2) is 0 Å². The third kappa shape index (κ3) is 2.86. The van der Waals surface area contributed by atoms with Gasteiger partial charge in [0, 0.05) is 17.2 Å². The van der Waals surface area contributed by atoms with Crippen molar-refractivity contribution in [1.29, 1.82) is 0 Å². The van der Waals surface area contributed by atoms with E-state index in [4.69, 9.17) is 0 Å². The van der Waals surface area contributed by atoms with E-state index >= 15 is 0 Å². The normalized spacial score (nSPS) is 12.6. The van der Waals surface area contributed by atoms with Crippen LogP contribution in [-0.2, 0) is 0 Å². The first-order chi connectivity index (χ1) is 9.69. The predicted molar refractivity (Wildman–Crippen MR) is 84.9 cm³/mol. The minimum absolute atomic E-state index is 0.216. The lowest BCUT2D eigenvalue weighted by molar-refractivity contribution is 0.230. The Morgan fingerprint density at radius 3 is 2.20 bits per heavy atom. The van der Waals surface area contributed by atoms with Crippen LogP contribution in [0.2, 0.25) is 0 Å². The second-order valence-electron chi connectivity index (χ2n) is 5.01. The summed E-state index contributed by atoms with van der Waals surface area (Å²) in [4.78, 5) is 2.34. The van der Waals surface area contributed by atoms with Gasteiger partial charge in [0.15, 0.2) is 0 Å². The standard InChI is InChI=1S/C18H23NO/c1-4-19(5-2)14(3)16-12-9-13-17(18(16)20)15-10-7-6-8-11-15/h6-14,20H,4-5H2,1-3H3. The van der Waals surface area contributed by atoms with E-state index in [1.807, 2.05) is 48.5 Å². The minimum Gasteiger partial charge on any atom is -0.507 e. The van der Waals surface area contributed by atoms with Gasteiger partial charge in [-0.1, -0.05) is 62.4 Å². The summed E-state index contributed by atoms with van der Waals surface area (Å²) in [5.41, 5.74) is 2.95. The lowest BCUT2D eigenvalue weighted by Gasteiger charge is -2.27. The third-order valence-corrected chi connectivity index (χ3v) is 3.96. The first-order valence-electron chi connectivity index (χ1n) is 7.30. The van der Waals surface area contributed by atoms with Crippen molar-refractivity contribution in [1.82, 2.24) is 4.90 Å². The molecule has 0 amide bonds. The fraction of sp³-hybridized carbons (Fsp3) is 0.333. The molecule has 0 aliphatic heterocycles. The highest BCUT2D eigenvalue weighted by Gasteiger charge is 2.18. The van der Waals surface area contributed by atoms with Crippen molar-refractivity contribution in [2.75, 3.05) is 13.1 Å². The molecule has 106 valence electrons. The monoisotopic (exact) mass is 269 g/mol. The molecule has 1 N–H and O–H groups in total. The number of aromatic hydroxyl groups is 1. The summed E-state index contributed by atoms with van der Waals surface area (Å²) in [6.45, 7) is 8.41. The summed E-state index contributed by atoms with van der Waals surface area (Å²) in [5.74, 6) is 0.401. The maximum atomic E-state index is 10.6. The molecule has 0 radical (unpaired) electrons. The van der Waals surface area contributed by atoms with Gasteiger partial charge in [-0.3, -0.25) is 4.90 Å². The van der Waals surface area contributed by atoms with E-state index in [0.717, 1.165) is 29.8 Å². The Labute approximate surface area is 121 Å². The van der Waals surface area contributed by atoms with Crippen LogP contribution in [0.4, 0.5) is 0 Å². The second-order valence-corrected chi connectivity index (χ2v) is 5.01. The first-order valence-corrected chi connectivity index (χ1v) is 7.30. The zero-order valence-electron chi connectivity index (χ0n) is 12.5. The van der Waals surface area contributed by atoms with Crippen molar-refractivity contribution < 1.29 is 5.11 Å². The van der Waals surface area contributed by atoms with Gasteiger partial charge >= 0.3 is 0 Å². The molecular formula is C18H23NO. The van der Waals surface area contributed by atoms with Crippen LogP contribution in [0.25, 0.3) is 11.1 Å². The minimum atomic E-state index is 0.216. The van der Waals surface area contributed by atoms with E-state index in [9.17, 15) is 5.11 Å². The second kappa shape index (κ2) is 6.58. The number of benzene rings is 2. The Kier molecular flexibility index (Phi) is 4.80. The molecule has 2 heteroatoms. The molecule has 0 aromatic heterocycles. The van der Waals surface area contributed by atoms with Crippen molar-refractivity contribution in [3.8, 4) is 16.9 Å². The van der Waals surface area contributed by atoms with Crippen LogP contribution in [0.1, 0.15) is 32.4 Å². The van der Waals surface area contributed by atoms with Crippen LogP contribution in [0.15, 0.2) is 48.5 Å². The average Bonchev–Trinajstić information content (AvgIpc) is 2.49. The molecule has 2 nitrogen and oxygen atoms in total. The van der Waals surface area contributed by atoms with E-state index < -0.39 is 0 Å². The van der Waals surface area contributed by atoms with E-state index in [2.05, 4.69) is 25.7 Å². The highest BCUT2D eigenvalue weighted by Crippen LogP contribution is 2.36. The van der Waals surface area contributed by atoms with E-state index in [-0.39, 0.29) is 6.04 Å². The van der Waals surface area contributed by atoms with E-state index in [1.54, 1.807) is 0 Å². The summed E-state index contributed by atoms with van der Waals surface area (Å²) < 4.78 is 0. The summed E-state index contributed by atoms with van der Waals surface area (Å²) in [6, 6.07) is 16.3. The summed E-state index contributed by atoms with van der Waals surface area (Å²) >= 11 is 0. The zero-order valence-corrected chi connectivity index (χ0v) is 12.5. The molecule has 0 bridgehead atoms. The lowest BCUT2D eigenvalue weighted by atomic mass is 9.97. The molecule has 2 aromatic rings. The number of phenols is 1. The molecule has 20 heavy (non-hydrogen) atoms. The number of phenolic OH excluding ortho intramolecular Hbond substituents is 1. The number of hydrogen-bond donors (Lipinski definition) is 1. The molecule has 0 fully saturated rings. The number of para-hydroxylation sites is 1. The van der Waals surface area contributed by atoms with Gasteiger partial charge < -0.3 is 5.11 Å². The highest BCUT2D eigenvalue weighted by atomic mass is 16.3. The van der Waals surface area contributed by atoms with E-state index in [1.165, 1.54) is 0 Å². The molecule has 1 atom stereocenters. The van der Waals surface area contributed by atoms with Crippen LogP contribution < -0.4 is 0 Å². The molecule has 0 spiro atoms. The Balaban J connectivity index is 2.42. The zero-order chi connectivity index (χ0) is 14.5. The van der Waals surface area contributed by atoms with Gasteiger partial charge in [0.2, 0.25) is 0 Å². The van der Waals surface area contributed by atoms with Crippen molar-refractivity contribution in [2.24, 2.45) is 0 Å². The third-order valence-electron chi connectivity index (χ3n) is 3.96. The van der Waals surface area contributed by atoms with Gasteiger partial charge in [0.05, 0.1) is 0 Å². The van der Waals surface area contributed by atoms with Crippen molar-refractivity contribution in [3.05, 3.63) is 54.1 Å². The molecule has 0 aliphatic rings. The molecule has 1 unspecified atom stereocenters. The van der Waals surface area contributed by atoms with Crippen LogP contribution in [0.3, 0.4) is 0 Å². The topological polar surface area (TPSA) is 23.5 Å². The summed E-state index contributed by atoms with van der Waals surface area (Å²) in [7, 11) is 0. The van der Waals surface area contributed by atoms with Crippen molar-refractivity contribution in [2.45, 2.75) is 26.8 Å². The van der Waals surface area contributed by atoms with Crippen LogP contribution >= 0.6 is 0 Å². The van der Waals surface area contributed by atoms with Gasteiger partial charge in [0.1, 0.15) is 5.75 Å². The van der Waals surface area contributed by atoms with Gasteiger partial charge in [-0.15, -0.1) is 0 Å². The van der Waals surface area contributed by atoms with Crippen molar-refractivity contribution >= 4 is 0 Å². The fourth-order valence-electron chi connectivity index (χ4n) is 2.72. The fourth-order valence-corrected chi connectivity index (χ4v) is 2.72.